The van der Waals surface area contributed by atoms with Gasteiger partial charge in [0.05, 0.1) is 12.9 Å². The van der Waals surface area contributed by atoms with Crippen molar-refractivity contribution in [2.45, 2.75) is 19.2 Å². The van der Waals surface area contributed by atoms with E-state index < -0.39 is 0 Å². The highest BCUT2D eigenvalue weighted by atomic mass is 32.2. The summed E-state index contributed by atoms with van der Waals surface area (Å²) in [5.41, 5.74) is 4.44. The number of carbonyl (C=O) groups excluding carboxylic acids is 1. The van der Waals surface area contributed by atoms with E-state index in [-0.39, 0.29) is 5.91 Å². The second kappa shape index (κ2) is 8.62. The molecule has 0 spiro atoms. The molecule has 0 bridgehead atoms. The molecule has 5 heteroatoms. The van der Waals surface area contributed by atoms with Gasteiger partial charge in [0.2, 0.25) is 5.91 Å². The Kier molecular flexibility index (Phi) is 5.76. The van der Waals surface area contributed by atoms with Crippen LogP contribution in [-0.4, -0.2) is 23.3 Å². The van der Waals surface area contributed by atoms with Gasteiger partial charge in [-0.1, -0.05) is 30.3 Å². The van der Waals surface area contributed by atoms with Crippen molar-refractivity contribution < 1.29 is 9.53 Å². The summed E-state index contributed by atoms with van der Waals surface area (Å²) in [6.45, 7) is 3.07. The van der Waals surface area contributed by atoms with Gasteiger partial charge in [-0.05, 0) is 48.9 Å². The average Bonchev–Trinajstić information content (AvgIpc) is 3.07. The third kappa shape index (κ3) is 4.10. The lowest BCUT2D eigenvalue weighted by atomic mass is 10.1. The molecule has 1 amide bonds. The lowest BCUT2D eigenvalue weighted by molar-refractivity contribution is -0.113. The monoisotopic (exact) mass is 404 g/mol. The summed E-state index contributed by atoms with van der Waals surface area (Å²) in [6, 6.07) is 22.5. The van der Waals surface area contributed by atoms with Crippen molar-refractivity contribution in [2.24, 2.45) is 0 Å². The van der Waals surface area contributed by atoms with E-state index in [2.05, 4.69) is 53.2 Å². The van der Waals surface area contributed by atoms with Gasteiger partial charge >= 0.3 is 0 Å². The zero-order valence-electron chi connectivity index (χ0n) is 16.6. The molecule has 148 valence electrons. The van der Waals surface area contributed by atoms with Crippen LogP contribution in [0.15, 0.2) is 66.7 Å². The molecule has 4 aromatic rings. The Morgan fingerprint density at radius 2 is 1.76 bits per heavy atom. The number of thioether (sulfide) groups is 1. The summed E-state index contributed by atoms with van der Waals surface area (Å²) in [4.78, 5) is 12.4. The van der Waals surface area contributed by atoms with Gasteiger partial charge in [0, 0.05) is 39.8 Å². The van der Waals surface area contributed by atoms with Crippen LogP contribution >= 0.6 is 11.8 Å². The van der Waals surface area contributed by atoms with Gasteiger partial charge in [-0.3, -0.25) is 4.79 Å². The number of fused-ring (bicyclic) bond motifs is 3. The molecule has 1 heterocycles. The zero-order chi connectivity index (χ0) is 20.2. The molecule has 3 aromatic carbocycles. The van der Waals surface area contributed by atoms with Crippen LogP contribution in [0.25, 0.3) is 21.8 Å². The lowest BCUT2D eigenvalue weighted by Crippen LogP contribution is -2.14. The molecule has 0 atom stereocenters. The fourth-order valence-corrected chi connectivity index (χ4v) is 4.44. The molecule has 0 aliphatic carbocycles. The summed E-state index contributed by atoms with van der Waals surface area (Å²) in [5, 5.41) is 5.43. The van der Waals surface area contributed by atoms with Crippen molar-refractivity contribution in [2.75, 3.05) is 18.2 Å². The van der Waals surface area contributed by atoms with Gasteiger partial charge in [-0.15, -0.1) is 11.8 Å². The highest BCUT2D eigenvalue weighted by Crippen LogP contribution is 2.31. The first-order valence-corrected chi connectivity index (χ1v) is 10.9. The van der Waals surface area contributed by atoms with Gasteiger partial charge in [-0.25, -0.2) is 0 Å². The number of hydrogen-bond acceptors (Lipinski definition) is 3. The standard InChI is InChI=1S/C24H24N2O2S/c1-3-26-22-7-5-4-6-20(22)21-14-18(10-13-23(21)26)25-24(27)16-29-15-17-8-11-19(28-2)12-9-17/h4-14H,3,15-16H2,1-2H3,(H,25,27). The second-order valence-corrected chi connectivity index (χ2v) is 7.87. The summed E-state index contributed by atoms with van der Waals surface area (Å²) >= 11 is 1.60. The Morgan fingerprint density at radius 3 is 2.52 bits per heavy atom. The maximum absolute atomic E-state index is 12.4. The molecule has 0 saturated carbocycles. The topological polar surface area (TPSA) is 43.3 Å². The van der Waals surface area contributed by atoms with Crippen LogP contribution in [0.2, 0.25) is 0 Å². The molecule has 0 aliphatic rings. The van der Waals surface area contributed by atoms with Gasteiger partial charge in [-0.2, -0.15) is 0 Å². The molecule has 4 rings (SSSR count). The Balaban J connectivity index is 1.43. The van der Waals surface area contributed by atoms with Gasteiger partial charge < -0.3 is 14.6 Å². The molecule has 0 radical (unpaired) electrons. The Hall–Kier alpha value is -2.92. The molecule has 0 saturated heterocycles. The SMILES string of the molecule is CCn1c2ccccc2c2cc(NC(=O)CSCc3ccc(OC)cc3)ccc21. The van der Waals surface area contributed by atoms with Crippen molar-refractivity contribution in [3.05, 3.63) is 72.3 Å². The van der Waals surface area contributed by atoms with Crippen molar-refractivity contribution >= 4 is 45.2 Å². The van der Waals surface area contributed by atoms with Crippen LogP contribution in [-0.2, 0) is 17.1 Å². The quantitative estimate of drug-likeness (QED) is 0.430. The number of hydrogen-bond donors (Lipinski definition) is 1. The third-order valence-electron chi connectivity index (χ3n) is 5.03. The highest BCUT2D eigenvalue weighted by Gasteiger charge is 2.11. The van der Waals surface area contributed by atoms with Gasteiger partial charge in [0.25, 0.3) is 0 Å². The van der Waals surface area contributed by atoms with Crippen molar-refractivity contribution in [3.63, 3.8) is 0 Å². The number of nitrogens with one attached hydrogen (secondary N) is 1. The number of rotatable bonds is 7. The Morgan fingerprint density at radius 1 is 1.00 bits per heavy atom. The van der Waals surface area contributed by atoms with E-state index in [0.717, 1.165) is 23.7 Å². The maximum atomic E-state index is 12.4. The lowest BCUT2D eigenvalue weighted by Gasteiger charge is -2.07. The molecule has 1 N–H and O–H groups in total. The number of amides is 1. The van der Waals surface area contributed by atoms with Crippen LogP contribution in [0.1, 0.15) is 12.5 Å². The van der Waals surface area contributed by atoms with E-state index in [4.69, 9.17) is 4.74 Å². The highest BCUT2D eigenvalue weighted by molar-refractivity contribution is 7.99. The first-order chi connectivity index (χ1) is 14.2. The largest absolute Gasteiger partial charge is 0.497 e. The minimum Gasteiger partial charge on any atom is -0.497 e. The minimum atomic E-state index is 0.0158. The number of aromatic nitrogens is 1. The molecule has 0 unspecified atom stereocenters. The zero-order valence-corrected chi connectivity index (χ0v) is 17.5. The van der Waals surface area contributed by atoms with Gasteiger partial charge in [0.1, 0.15) is 5.75 Å². The van der Waals surface area contributed by atoms with Gasteiger partial charge in [0.15, 0.2) is 0 Å². The number of aryl methyl sites for hydroxylation is 1. The number of methoxy groups -OCH3 is 1. The summed E-state index contributed by atoms with van der Waals surface area (Å²) < 4.78 is 7.48. The molecule has 4 nitrogen and oxygen atoms in total. The van der Waals surface area contributed by atoms with Crippen LogP contribution in [0.3, 0.4) is 0 Å². The molecule has 0 aliphatic heterocycles. The van der Waals surface area contributed by atoms with E-state index in [9.17, 15) is 4.79 Å². The van der Waals surface area contributed by atoms with E-state index in [1.54, 1.807) is 18.9 Å². The fourth-order valence-electron chi connectivity index (χ4n) is 3.65. The normalized spacial score (nSPS) is 11.1. The summed E-state index contributed by atoms with van der Waals surface area (Å²) in [6.07, 6.45) is 0. The van der Waals surface area contributed by atoms with Crippen LogP contribution in [0, 0.1) is 0 Å². The maximum Gasteiger partial charge on any atom is 0.234 e. The second-order valence-electron chi connectivity index (χ2n) is 6.88. The molecular formula is C24H24N2O2S. The third-order valence-corrected chi connectivity index (χ3v) is 6.04. The number of anilines is 1. The van der Waals surface area contributed by atoms with Crippen molar-refractivity contribution in [3.8, 4) is 5.75 Å². The first kappa shape index (κ1) is 19.4. The first-order valence-electron chi connectivity index (χ1n) is 9.71. The minimum absolute atomic E-state index is 0.0158. The Labute approximate surface area is 174 Å². The van der Waals surface area contributed by atoms with Crippen molar-refractivity contribution in [1.29, 1.82) is 0 Å². The van der Waals surface area contributed by atoms with E-state index in [1.807, 2.05) is 30.3 Å². The van der Waals surface area contributed by atoms with E-state index in [1.165, 1.54) is 27.4 Å². The summed E-state index contributed by atoms with van der Waals surface area (Å²) in [5.74, 6) is 2.07. The van der Waals surface area contributed by atoms with Crippen LogP contribution < -0.4 is 10.1 Å². The number of ether oxygens (including phenoxy) is 1. The number of para-hydroxylation sites is 1. The molecular weight excluding hydrogens is 380 g/mol. The number of carbonyl (C=O) groups is 1. The smallest absolute Gasteiger partial charge is 0.234 e. The summed E-state index contributed by atoms with van der Waals surface area (Å²) in [7, 11) is 1.66. The predicted octanol–water partition coefficient (Wildman–Crippen LogP) is 5.69. The predicted molar refractivity (Wildman–Crippen MR) is 123 cm³/mol. The average molecular weight is 405 g/mol. The van der Waals surface area contributed by atoms with Crippen LogP contribution in [0.5, 0.6) is 5.75 Å². The van der Waals surface area contributed by atoms with E-state index in [0.29, 0.717) is 5.75 Å². The molecule has 29 heavy (non-hydrogen) atoms. The fraction of sp³-hybridized carbons (Fsp3) is 0.208. The Bertz CT molecular complexity index is 1150. The molecule has 0 fully saturated rings. The van der Waals surface area contributed by atoms with Crippen LogP contribution in [0.4, 0.5) is 5.69 Å². The number of nitrogens with zero attached hydrogens (tertiary/aromatic N) is 1. The van der Waals surface area contributed by atoms with E-state index >= 15 is 0 Å². The molecule has 1 aromatic heterocycles. The number of benzene rings is 3. The van der Waals surface area contributed by atoms with Crippen molar-refractivity contribution in [1.82, 2.24) is 4.57 Å².